The molecule has 0 fully saturated rings. The number of rotatable bonds is 3. The molecule has 0 radical (unpaired) electrons. The third kappa shape index (κ3) is 3.10. The van der Waals surface area contributed by atoms with Gasteiger partial charge in [-0.15, -0.1) is 0 Å². The van der Waals surface area contributed by atoms with Gasteiger partial charge in [0.2, 0.25) is 0 Å². The van der Waals surface area contributed by atoms with Gasteiger partial charge in [-0.3, -0.25) is 9.63 Å². The SMILES string of the molecule is CON(C)C(=O)c1cnc(Cl)cc1C(C)(F)F. The van der Waals surface area contributed by atoms with E-state index in [-0.39, 0.29) is 10.7 Å². The molecule has 0 saturated carbocycles. The second-order valence-electron chi connectivity index (χ2n) is 3.43. The summed E-state index contributed by atoms with van der Waals surface area (Å²) in [6.45, 7) is 0.683. The van der Waals surface area contributed by atoms with E-state index in [1.807, 2.05) is 0 Å². The van der Waals surface area contributed by atoms with E-state index >= 15 is 0 Å². The first-order chi connectivity index (χ1) is 7.77. The number of carbonyl (C=O) groups excluding carboxylic acids is 1. The number of halogens is 3. The maximum absolute atomic E-state index is 13.3. The first kappa shape index (κ1) is 13.8. The van der Waals surface area contributed by atoms with E-state index in [9.17, 15) is 13.6 Å². The Morgan fingerprint density at radius 1 is 1.59 bits per heavy atom. The molecule has 1 rings (SSSR count). The third-order valence-electron chi connectivity index (χ3n) is 2.13. The molecule has 4 nitrogen and oxygen atoms in total. The highest BCUT2D eigenvalue weighted by Gasteiger charge is 2.31. The van der Waals surface area contributed by atoms with Crippen molar-refractivity contribution in [1.29, 1.82) is 0 Å². The molecule has 0 atom stereocenters. The van der Waals surface area contributed by atoms with Crippen LogP contribution in [0.5, 0.6) is 0 Å². The minimum atomic E-state index is -3.19. The largest absolute Gasteiger partial charge is 0.279 e. The van der Waals surface area contributed by atoms with Crippen molar-refractivity contribution in [3.63, 3.8) is 0 Å². The minimum Gasteiger partial charge on any atom is -0.274 e. The lowest BCUT2D eigenvalue weighted by molar-refractivity contribution is -0.0763. The van der Waals surface area contributed by atoms with Crippen LogP contribution in [-0.2, 0) is 10.8 Å². The van der Waals surface area contributed by atoms with Crippen LogP contribution in [0.4, 0.5) is 8.78 Å². The van der Waals surface area contributed by atoms with Crippen molar-refractivity contribution < 1.29 is 18.4 Å². The number of pyridine rings is 1. The molecule has 0 aliphatic carbocycles. The molecule has 1 aromatic rings. The average molecular weight is 265 g/mol. The zero-order chi connectivity index (χ0) is 13.2. The summed E-state index contributed by atoms with van der Waals surface area (Å²) < 4.78 is 26.6. The molecule has 94 valence electrons. The molecule has 0 spiro atoms. The fourth-order valence-electron chi connectivity index (χ4n) is 1.22. The highest BCUT2D eigenvalue weighted by Crippen LogP contribution is 2.31. The molecule has 0 N–H and O–H groups in total. The summed E-state index contributed by atoms with van der Waals surface area (Å²) in [6.07, 6.45) is 1.01. The van der Waals surface area contributed by atoms with Crippen molar-refractivity contribution in [3.05, 3.63) is 28.5 Å². The Bertz CT molecular complexity index is 435. The highest BCUT2D eigenvalue weighted by atomic mass is 35.5. The second kappa shape index (κ2) is 4.93. The number of amides is 1. The second-order valence-corrected chi connectivity index (χ2v) is 3.81. The number of alkyl halides is 2. The van der Waals surface area contributed by atoms with Gasteiger partial charge in [-0.1, -0.05) is 11.6 Å². The Labute approximate surface area is 102 Å². The topological polar surface area (TPSA) is 42.4 Å². The number of hydrogen-bond donors (Lipinski definition) is 0. The lowest BCUT2D eigenvalue weighted by atomic mass is 10.0. The van der Waals surface area contributed by atoms with Crippen molar-refractivity contribution in [2.24, 2.45) is 0 Å². The summed E-state index contributed by atoms with van der Waals surface area (Å²) in [6, 6.07) is 0.971. The average Bonchev–Trinajstić information content (AvgIpc) is 2.25. The summed E-state index contributed by atoms with van der Waals surface area (Å²) in [7, 11) is 2.57. The number of carbonyl (C=O) groups is 1. The number of nitrogens with zero attached hydrogens (tertiary/aromatic N) is 2. The van der Waals surface area contributed by atoms with Crippen molar-refractivity contribution in [1.82, 2.24) is 10.0 Å². The van der Waals surface area contributed by atoms with Gasteiger partial charge >= 0.3 is 0 Å². The van der Waals surface area contributed by atoms with E-state index in [0.29, 0.717) is 6.92 Å². The quantitative estimate of drug-likeness (QED) is 0.622. The smallest absolute Gasteiger partial charge is 0.274 e. The number of hydroxylamine groups is 2. The van der Waals surface area contributed by atoms with Gasteiger partial charge in [0.05, 0.1) is 12.7 Å². The Morgan fingerprint density at radius 3 is 2.65 bits per heavy atom. The van der Waals surface area contributed by atoms with Crippen molar-refractivity contribution >= 4 is 17.5 Å². The van der Waals surface area contributed by atoms with Crippen molar-refractivity contribution in [3.8, 4) is 0 Å². The van der Waals surface area contributed by atoms with Crippen LogP contribution in [0, 0.1) is 0 Å². The summed E-state index contributed by atoms with van der Waals surface area (Å²) in [5.41, 5.74) is -0.724. The molecule has 0 aliphatic heterocycles. The summed E-state index contributed by atoms with van der Waals surface area (Å²) in [4.78, 5) is 20.0. The van der Waals surface area contributed by atoms with Crippen LogP contribution in [0.25, 0.3) is 0 Å². The van der Waals surface area contributed by atoms with Crippen LogP contribution >= 0.6 is 11.6 Å². The lowest BCUT2D eigenvalue weighted by Gasteiger charge is -2.18. The van der Waals surface area contributed by atoms with Gasteiger partial charge in [-0.25, -0.2) is 18.8 Å². The zero-order valence-corrected chi connectivity index (χ0v) is 10.3. The van der Waals surface area contributed by atoms with Crippen LogP contribution in [0.1, 0.15) is 22.8 Å². The zero-order valence-electron chi connectivity index (χ0n) is 9.50. The van der Waals surface area contributed by atoms with E-state index in [2.05, 4.69) is 9.82 Å². The molecule has 1 amide bonds. The van der Waals surface area contributed by atoms with Crippen molar-refractivity contribution in [2.45, 2.75) is 12.8 Å². The highest BCUT2D eigenvalue weighted by molar-refractivity contribution is 6.29. The Balaban J connectivity index is 3.29. The molecule has 0 bridgehead atoms. The summed E-state index contributed by atoms with van der Waals surface area (Å²) >= 11 is 5.54. The van der Waals surface area contributed by atoms with E-state index in [1.165, 1.54) is 14.2 Å². The number of aromatic nitrogens is 1. The molecule has 1 heterocycles. The van der Waals surface area contributed by atoms with Crippen LogP contribution in [0.15, 0.2) is 12.3 Å². The van der Waals surface area contributed by atoms with E-state index in [0.717, 1.165) is 17.3 Å². The van der Waals surface area contributed by atoms with Gasteiger partial charge in [-0.05, 0) is 6.07 Å². The molecule has 17 heavy (non-hydrogen) atoms. The number of hydrogen-bond acceptors (Lipinski definition) is 3. The predicted octanol–water partition coefficient (Wildman–Crippen LogP) is 2.48. The van der Waals surface area contributed by atoms with Crippen molar-refractivity contribution in [2.75, 3.05) is 14.2 Å². The Morgan fingerprint density at radius 2 is 2.18 bits per heavy atom. The minimum absolute atomic E-state index is 0.0989. The monoisotopic (exact) mass is 264 g/mol. The normalized spacial score (nSPS) is 11.4. The first-order valence-corrected chi connectivity index (χ1v) is 5.01. The fraction of sp³-hybridized carbons (Fsp3) is 0.400. The van der Waals surface area contributed by atoms with Crippen LogP contribution in [0.3, 0.4) is 0 Å². The van der Waals surface area contributed by atoms with E-state index in [1.54, 1.807) is 0 Å². The molecule has 0 unspecified atom stereocenters. The fourth-order valence-corrected chi connectivity index (χ4v) is 1.37. The molecule has 0 saturated heterocycles. The predicted molar refractivity (Wildman–Crippen MR) is 57.9 cm³/mol. The molecule has 7 heteroatoms. The maximum Gasteiger partial charge on any atom is 0.279 e. The van der Waals surface area contributed by atoms with Gasteiger partial charge in [0, 0.05) is 25.7 Å². The molecule has 1 aromatic heterocycles. The Hall–Kier alpha value is -1.27. The molecule has 0 aromatic carbocycles. The van der Waals surface area contributed by atoms with Gasteiger partial charge in [0.15, 0.2) is 0 Å². The van der Waals surface area contributed by atoms with Crippen LogP contribution < -0.4 is 0 Å². The van der Waals surface area contributed by atoms with Crippen LogP contribution in [-0.4, -0.2) is 30.1 Å². The van der Waals surface area contributed by atoms with Crippen LogP contribution in [0.2, 0.25) is 5.15 Å². The first-order valence-electron chi connectivity index (χ1n) is 4.63. The van der Waals surface area contributed by atoms with E-state index < -0.39 is 17.4 Å². The van der Waals surface area contributed by atoms with Gasteiger partial charge in [0.1, 0.15) is 5.15 Å². The maximum atomic E-state index is 13.3. The Kier molecular flexibility index (Phi) is 4.00. The summed E-state index contributed by atoms with van der Waals surface area (Å²) in [5, 5.41) is 0.735. The molecular weight excluding hydrogens is 254 g/mol. The van der Waals surface area contributed by atoms with E-state index in [4.69, 9.17) is 11.6 Å². The van der Waals surface area contributed by atoms with Gasteiger partial charge in [-0.2, -0.15) is 0 Å². The lowest BCUT2D eigenvalue weighted by Crippen LogP contribution is -2.28. The standard InChI is InChI=1S/C10H11ClF2N2O2/c1-10(12,13)7-4-8(11)14-5-6(7)9(16)15(2)17-3/h4-5H,1-3H3. The third-order valence-corrected chi connectivity index (χ3v) is 2.34. The summed E-state index contributed by atoms with van der Waals surface area (Å²) in [5.74, 6) is -3.90. The molecule has 0 aliphatic rings. The molecular formula is C10H11ClF2N2O2. The van der Waals surface area contributed by atoms with Gasteiger partial charge < -0.3 is 0 Å². The van der Waals surface area contributed by atoms with Gasteiger partial charge in [0.25, 0.3) is 11.8 Å².